The van der Waals surface area contributed by atoms with E-state index in [4.69, 9.17) is 4.74 Å². The van der Waals surface area contributed by atoms with Crippen molar-refractivity contribution in [2.45, 2.75) is 6.92 Å². The van der Waals surface area contributed by atoms with E-state index >= 15 is 0 Å². The molecule has 1 heterocycles. The Bertz CT molecular complexity index is 967. The van der Waals surface area contributed by atoms with Crippen LogP contribution in [0.4, 0.5) is 5.13 Å². The van der Waals surface area contributed by atoms with Gasteiger partial charge in [0.2, 0.25) is 0 Å². The topological polar surface area (TPSA) is 109 Å². The minimum Gasteiger partial charge on any atom is -0.504 e. The number of rotatable bonds is 4. The average Bonchev–Trinajstić information content (AvgIpc) is 2.96. The number of aromatic hydroxyl groups is 2. The molecule has 7 nitrogen and oxygen atoms in total. The van der Waals surface area contributed by atoms with Crippen LogP contribution in [0.1, 0.15) is 15.9 Å². The van der Waals surface area contributed by atoms with Crippen LogP contribution in [0.3, 0.4) is 0 Å². The van der Waals surface area contributed by atoms with E-state index in [9.17, 15) is 19.8 Å². The molecule has 0 atom stereocenters. The highest BCUT2D eigenvalue weighted by molar-refractivity contribution is 7.22. The standard InChI is InChI=1S/C17H14N2O5S/c1-9-2-4-11-14(6-9)25-17(18-11)19-15(22)8-24-16(23)10-3-5-12(20)13(21)7-10/h2-7,20-21H,8H2,1H3,(H,18,19,22). The highest BCUT2D eigenvalue weighted by atomic mass is 32.1. The Morgan fingerprint density at radius 2 is 1.96 bits per heavy atom. The smallest absolute Gasteiger partial charge is 0.338 e. The molecule has 0 bridgehead atoms. The molecule has 2 aromatic carbocycles. The molecule has 0 unspecified atom stereocenters. The van der Waals surface area contributed by atoms with Crippen molar-refractivity contribution in [1.82, 2.24) is 4.98 Å². The van der Waals surface area contributed by atoms with Crippen LogP contribution < -0.4 is 5.32 Å². The van der Waals surface area contributed by atoms with Crippen LogP contribution in [-0.2, 0) is 9.53 Å². The number of phenolic OH excluding ortho intramolecular Hbond substituents is 2. The molecule has 1 aromatic heterocycles. The summed E-state index contributed by atoms with van der Waals surface area (Å²) >= 11 is 1.33. The zero-order valence-corrected chi connectivity index (χ0v) is 14.0. The van der Waals surface area contributed by atoms with Gasteiger partial charge in [-0.3, -0.25) is 10.1 Å². The Balaban J connectivity index is 1.59. The molecule has 0 aliphatic rings. The summed E-state index contributed by atoms with van der Waals surface area (Å²) in [6.45, 7) is 1.48. The average molecular weight is 358 g/mol. The molecule has 0 saturated heterocycles. The molecule has 0 radical (unpaired) electrons. The van der Waals surface area contributed by atoms with E-state index in [1.807, 2.05) is 25.1 Å². The second kappa shape index (κ2) is 6.78. The number of hydrogen-bond donors (Lipinski definition) is 3. The summed E-state index contributed by atoms with van der Waals surface area (Å²) in [6.07, 6.45) is 0. The fourth-order valence-electron chi connectivity index (χ4n) is 2.11. The molecular formula is C17H14N2O5S. The SMILES string of the molecule is Cc1ccc2nc(NC(=O)COC(=O)c3ccc(O)c(O)c3)sc2c1. The van der Waals surface area contributed by atoms with E-state index in [0.717, 1.165) is 27.9 Å². The summed E-state index contributed by atoms with van der Waals surface area (Å²) in [6, 6.07) is 9.28. The molecule has 1 amide bonds. The van der Waals surface area contributed by atoms with Crippen molar-refractivity contribution < 1.29 is 24.5 Å². The van der Waals surface area contributed by atoms with Crippen molar-refractivity contribution in [2.75, 3.05) is 11.9 Å². The van der Waals surface area contributed by atoms with Crippen LogP contribution in [0.2, 0.25) is 0 Å². The number of amides is 1. The van der Waals surface area contributed by atoms with Gasteiger partial charge in [0.15, 0.2) is 23.2 Å². The number of anilines is 1. The normalized spacial score (nSPS) is 10.6. The van der Waals surface area contributed by atoms with Crippen LogP contribution >= 0.6 is 11.3 Å². The Hall–Kier alpha value is -3.13. The molecule has 0 spiro atoms. The lowest BCUT2D eigenvalue weighted by Crippen LogP contribution is -2.20. The number of aromatic nitrogens is 1. The zero-order chi connectivity index (χ0) is 18.0. The first kappa shape index (κ1) is 16.7. The third kappa shape index (κ3) is 3.86. The number of benzene rings is 2. The molecule has 0 fully saturated rings. The first-order chi connectivity index (χ1) is 11.9. The predicted molar refractivity (Wildman–Crippen MR) is 93.0 cm³/mol. The van der Waals surface area contributed by atoms with Gasteiger partial charge in [-0.1, -0.05) is 17.4 Å². The molecule has 128 valence electrons. The molecule has 3 aromatic rings. The van der Waals surface area contributed by atoms with Crippen molar-refractivity contribution >= 4 is 38.6 Å². The minimum absolute atomic E-state index is 0.0264. The predicted octanol–water partition coefficient (Wildman–Crippen LogP) is 2.81. The first-order valence-corrected chi connectivity index (χ1v) is 8.10. The lowest BCUT2D eigenvalue weighted by Gasteiger charge is -2.05. The molecule has 3 rings (SSSR count). The van der Waals surface area contributed by atoms with Crippen LogP contribution in [-0.4, -0.2) is 33.7 Å². The highest BCUT2D eigenvalue weighted by Gasteiger charge is 2.14. The number of carbonyl (C=O) groups excluding carboxylic acids is 2. The third-order valence-corrected chi connectivity index (χ3v) is 4.27. The van der Waals surface area contributed by atoms with Gasteiger partial charge < -0.3 is 14.9 Å². The lowest BCUT2D eigenvalue weighted by atomic mass is 10.2. The number of ether oxygens (including phenoxy) is 1. The minimum atomic E-state index is -0.787. The van der Waals surface area contributed by atoms with E-state index in [-0.39, 0.29) is 11.3 Å². The molecular weight excluding hydrogens is 344 g/mol. The quantitative estimate of drug-likeness (QED) is 0.489. The van der Waals surface area contributed by atoms with Gasteiger partial charge in [0.25, 0.3) is 5.91 Å². The van der Waals surface area contributed by atoms with Crippen molar-refractivity contribution in [3.8, 4) is 11.5 Å². The zero-order valence-electron chi connectivity index (χ0n) is 13.1. The van der Waals surface area contributed by atoms with Gasteiger partial charge in [-0.05, 0) is 42.8 Å². The first-order valence-electron chi connectivity index (χ1n) is 7.28. The van der Waals surface area contributed by atoms with Gasteiger partial charge in [0.1, 0.15) is 0 Å². The van der Waals surface area contributed by atoms with Gasteiger partial charge in [0.05, 0.1) is 15.8 Å². The number of nitrogens with one attached hydrogen (secondary N) is 1. The van der Waals surface area contributed by atoms with Gasteiger partial charge in [-0.15, -0.1) is 0 Å². The Kier molecular flexibility index (Phi) is 4.53. The molecule has 0 aliphatic heterocycles. The molecule has 0 saturated carbocycles. The second-order valence-electron chi connectivity index (χ2n) is 5.32. The van der Waals surface area contributed by atoms with Crippen molar-refractivity contribution in [3.05, 3.63) is 47.5 Å². The van der Waals surface area contributed by atoms with Crippen LogP contribution in [0.15, 0.2) is 36.4 Å². The largest absolute Gasteiger partial charge is 0.504 e. The number of fused-ring (bicyclic) bond motifs is 1. The van der Waals surface area contributed by atoms with Crippen LogP contribution in [0.5, 0.6) is 11.5 Å². The van der Waals surface area contributed by atoms with E-state index in [0.29, 0.717) is 5.13 Å². The summed E-state index contributed by atoms with van der Waals surface area (Å²) in [7, 11) is 0. The van der Waals surface area contributed by atoms with Crippen LogP contribution in [0, 0.1) is 6.92 Å². The Morgan fingerprint density at radius 1 is 1.16 bits per heavy atom. The highest BCUT2D eigenvalue weighted by Crippen LogP contribution is 2.27. The molecule has 0 aliphatic carbocycles. The fraction of sp³-hybridized carbons (Fsp3) is 0.118. The maximum atomic E-state index is 11.9. The van der Waals surface area contributed by atoms with E-state index in [1.54, 1.807) is 0 Å². The number of phenols is 2. The summed E-state index contributed by atoms with van der Waals surface area (Å²) in [5.41, 5.74) is 1.90. The van der Waals surface area contributed by atoms with Gasteiger partial charge in [-0.2, -0.15) is 0 Å². The monoisotopic (exact) mass is 358 g/mol. The number of esters is 1. The number of aryl methyl sites for hydroxylation is 1. The maximum absolute atomic E-state index is 11.9. The number of carbonyl (C=O) groups is 2. The van der Waals surface area contributed by atoms with Crippen LogP contribution in [0.25, 0.3) is 10.2 Å². The van der Waals surface area contributed by atoms with Crippen molar-refractivity contribution in [2.24, 2.45) is 0 Å². The number of thiazole rings is 1. The second-order valence-corrected chi connectivity index (χ2v) is 6.35. The number of nitrogens with zero attached hydrogens (tertiary/aromatic N) is 1. The number of hydrogen-bond acceptors (Lipinski definition) is 7. The summed E-state index contributed by atoms with van der Waals surface area (Å²) < 4.78 is 5.83. The van der Waals surface area contributed by atoms with E-state index in [2.05, 4.69) is 10.3 Å². The van der Waals surface area contributed by atoms with E-state index in [1.165, 1.54) is 17.4 Å². The summed E-state index contributed by atoms with van der Waals surface area (Å²) in [5, 5.41) is 21.6. The maximum Gasteiger partial charge on any atom is 0.338 e. The summed E-state index contributed by atoms with van der Waals surface area (Å²) in [4.78, 5) is 28.0. The lowest BCUT2D eigenvalue weighted by molar-refractivity contribution is -0.119. The molecule has 25 heavy (non-hydrogen) atoms. The Morgan fingerprint density at radius 3 is 2.72 bits per heavy atom. The molecule has 8 heteroatoms. The van der Waals surface area contributed by atoms with Gasteiger partial charge >= 0.3 is 5.97 Å². The van der Waals surface area contributed by atoms with Crippen molar-refractivity contribution in [1.29, 1.82) is 0 Å². The fourth-order valence-corrected chi connectivity index (χ4v) is 3.09. The molecule has 3 N–H and O–H groups in total. The van der Waals surface area contributed by atoms with Gasteiger partial charge in [-0.25, -0.2) is 9.78 Å². The third-order valence-electron chi connectivity index (χ3n) is 3.34. The van der Waals surface area contributed by atoms with Crippen molar-refractivity contribution in [3.63, 3.8) is 0 Å². The van der Waals surface area contributed by atoms with Gasteiger partial charge in [0, 0.05) is 0 Å². The summed E-state index contributed by atoms with van der Waals surface area (Å²) in [5.74, 6) is -2.10. The van der Waals surface area contributed by atoms with E-state index < -0.39 is 24.2 Å². The Labute approximate surface area is 146 Å².